The van der Waals surface area contributed by atoms with E-state index in [-0.39, 0.29) is 5.91 Å². The molecule has 0 radical (unpaired) electrons. The van der Waals surface area contributed by atoms with Crippen LogP contribution in [0.15, 0.2) is 48.9 Å². The molecule has 0 aliphatic carbocycles. The highest BCUT2D eigenvalue weighted by Gasteiger charge is 2.20. The van der Waals surface area contributed by atoms with Gasteiger partial charge in [-0.15, -0.1) is 5.10 Å². The molecule has 1 fully saturated rings. The second-order valence-corrected chi connectivity index (χ2v) is 7.99. The van der Waals surface area contributed by atoms with Gasteiger partial charge in [0.15, 0.2) is 0 Å². The summed E-state index contributed by atoms with van der Waals surface area (Å²) in [5.74, 6) is 0.0710. The summed E-state index contributed by atoms with van der Waals surface area (Å²) >= 11 is 0. The smallest absolute Gasteiger partial charge is 0.253 e. The number of aromatic nitrogens is 4. The first-order chi connectivity index (χ1) is 15.7. The zero-order chi connectivity index (χ0) is 21.9. The highest BCUT2D eigenvalue weighted by molar-refractivity contribution is 5.94. The molecule has 4 heterocycles. The van der Waals surface area contributed by atoms with E-state index in [1.54, 1.807) is 10.9 Å². The van der Waals surface area contributed by atoms with Gasteiger partial charge in [-0.25, -0.2) is 4.68 Å². The molecule has 9 heteroatoms. The molecule has 3 aromatic rings. The highest BCUT2D eigenvalue weighted by Crippen LogP contribution is 2.24. The van der Waals surface area contributed by atoms with E-state index < -0.39 is 0 Å². The number of piperazine rings is 1. The Labute approximate surface area is 186 Å². The van der Waals surface area contributed by atoms with Crippen LogP contribution in [-0.4, -0.2) is 82.2 Å². The molecule has 2 aromatic heterocycles. The summed E-state index contributed by atoms with van der Waals surface area (Å²) in [6, 6.07) is 9.41. The van der Waals surface area contributed by atoms with Gasteiger partial charge < -0.3 is 19.9 Å². The molecular formula is C23H25N7O2. The lowest BCUT2D eigenvalue weighted by Crippen LogP contribution is -2.47. The third kappa shape index (κ3) is 4.25. The number of ether oxygens (including phenoxy) is 1. The number of benzene rings is 1. The number of anilines is 1. The van der Waals surface area contributed by atoms with E-state index in [9.17, 15) is 4.79 Å². The van der Waals surface area contributed by atoms with Crippen LogP contribution in [0.25, 0.3) is 17.3 Å². The Hall–Kier alpha value is -3.56. The largest absolute Gasteiger partial charge is 0.362 e. The Morgan fingerprint density at radius 1 is 1.09 bits per heavy atom. The van der Waals surface area contributed by atoms with Gasteiger partial charge in [-0.1, -0.05) is 5.21 Å². The monoisotopic (exact) mass is 431 g/mol. The van der Waals surface area contributed by atoms with E-state index in [2.05, 4.69) is 32.6 Å². The van der Waals surface area contributed by atoms with Gasteiger partial charge in [0.05, 0.1) is 18.5 Å². The molecule has 0 atom stereocenters. The zero-order valence-electron chi connectivity index (χ0n) is 17.9. The van der Waals surface area contributed by atoms with Crippen molar-refractivity contribution in [2.24, 2.45) is 0 Å². The fraction of sp³-hybridized carbons (Fsp3) is 0.304. The summed E-state index contributed by atoms with van der Waals surface area (Å²) in [5, 5.41) is 11.9. The van der Waals surface area contributed by atoms with Crippen LogP contribution in [0.1, 0.15) is 21.6 Å². The molecule has 0 unspecified atom stereocenters. The number of rotatable bonds is 3. The first kappa shape index (κ1) is 20.3. The Bertz CT molecular complexity index is 1130. The van der Waals surface area contributed by atoms with Gasteiger partial charge in [-0.05, 0) is 43.5 Å². The number of likely N-dealkylation sites (N-methyl/N-ethyl adjacent to an activating group) is 1. The van der Waals surface area contributed by atoms with Gasteiger partial charge in [-0.3, -0.25) is 9.78 Å². The third-order valence-corrected chi connectivity index (χ3v) is 5.80. The number of hydrogen-bond donors (Lipinski definition) is 1. The van der Waals surface area contributed by atoms with Gasteiger partial charge >= 0.3 is 0 Å². The molecule has 1 N–H and O–H groups in total. The van der Waals surface area contributed by atoms with Gasteiger partial charge in [0, 0.05) is 61.0 Å². The third-order valence-electron chi connectivity index (χ3n) is 5.80. The molecular weight excluding hydrogens is 406 g/mol. The fourth-order valence-corrected chi connectivity index (χ4v) is 3.84. The van der Waals surface area contributed by atoms with Crippen LogP contribution in [0, 0.1) is 0 Å². The minimum absolute atomic E-state index is 0.0710. The Kier molecular flexibility index (Phi) is 5.66. The lowest BCUT2D eigenvalue weighted by Gasteiger charge is -2.32. The second-order valence-electron chi connectivity index (χ2n) is 7.99. The van der Waals surface area contributed by atoms with Gasteiger partial charge in [-0.2, -0.15) is 0 Å². The lowest BCUT2D eigenvalue weighted by molar-refractivity contribution is 0.0664. The average Bonchev–Trinajstić information content (AvgIpc) is 3.30. The van der Waals surface area contributed by atoms with Crippen molar-refractivity contribution in [3.05, 3.63) is 65.7 Å². The van der Waals surface area contributed by atoms with Crippen LogP contribution < -0.4 is 5.32 Å². The number of fused-ring (bicyclic) bond motifs is 1. The molecule has 0 saturated carbocycles. The summed E-state index contributed by atoms with van der Waals surface area (Å²) < 4.78 is 7.41. The van der Waals surface area contributed by atoms with E-state index in [0.717, 1.165) is 54.4 Å². The van der Waals surface area contributed by atoms with Crippen LogP contribution in [0.2, 0.25) is 0 Å². The number of carbonyl (C=O) groups excluding carboxylic acids is 1. The maximum atomic E-state index is 12.8. The fourth-order valence-electron chi connectivity index (χ4n) is 3.84. The first-order valence-electron chi connectivity index (χ1n) is 10.6. The topological polar surface area (TPSA) is 88.4 Å². The maximum absolute atomic E-state index is 12.8. The van der Waals surface area contributed by atoms with E-state index in [0.29, 0.717) is 18.9 Å². The Balaban J connectivity index is 1.34. The van der Waals surface area contributed by atoms with Crippen molar-refractivity contribution in [3.8, 4) is 5.69 Å². The summed E-state index contributed by atoms with van der Waals surface area (Å²) in [6.45, 7) is 4.15. The Morgan fingerprint density at radius 3 is 2.72 bits per heavy atom. The Morgan fingerprint density at radius 2 is 1.91 bits per heavy atom. The number of pyridine rings is 1. The molecule has 1 saturated heterocycles. The first-order valence-corrected chi connectivity index (χ1v) is 10.6. The average molecular weight is 432 g/mol. The lowest BCUT2D eigenvalue weighted by atomic mass is 10.1. The van der Waals surface area contributed by atoms with Crippen LogP contribution in [0.5, 0.6) is 0 Å². The predicted molar refractivity (Wildman–Crippen MR) is 121 cm³/mol. The van der Waals surface area contributed by atoms with Crippen LogP contribution >= 0.6 is 0 Å². The van der Waals surface area contributed by atoms with Crippen molar-refractivity contribution in [1.82, 2.24) is 29.8 Å². The summed E-state index contributed by atoms with van der Waals surface area (Å²) in [7, 11) is 2.08. The van der Waals surface area contributed by atoms with E-state index in [1.165, 1.54) is 0 Å². The van der Waals surface area contributed by atoms with E-state index in [1.807, 2.05) is 53.7 Å². The molecule has 2 aliphatic rings. The molecule has 5 rings (SSSR count). The quantitative estimate of drug-likeness (QED) is 0.678. The number of hydrogen-bond acceptors (Lipinski definition) is 7. The molecule has 0 bridgehead atoms. The number of carbonyl (C=O) groups is 1. The summed E-state index contributed by atoms with van der Waals surface area (Å²) in [6.07, 6.45) is 7.45. The van der Waals surface area contributed by atoms with Gasteiger partial charge in [0.25, 0.3) is 5.91 Å². The zero-order valence-corrected chi connectivity index (χ0v) is 17.9. The molecule has 164 valence electrons. The van der Waals surface area contributed by atoms with Crippen molar-refractivity contribution in [3.63, 3.8) is 0 Å². The molecule has 1 amide bonds. The van der Waals surface area contributed by atoms with Crippen LogP contribution in [-0.2, 0) is 4.74 Å². The molecule has 1 aromatic carbocycles. The summed E-state index contributed by atoms with van der Waals surface area (Å²) in [5.41, 5.74) is 5.13. The number of nitrogens with zero attached hydrogens (tertiary/aromatic N) is 6. The number of amides is 1. The van der Waals surface area contributed by atoms with Crippen molar-refractivity contribution in [1.29, 1.82) is 0 Å². The van der Waals surface area contributed by atoms with E-state index in [4.69, 9.17) is 4.74 Å². The van der Waals surface area contributed by atoms with Crippen LogP contribution in [0.3, 0.4) is 0 Å². The van der Waals surface area contributed by atoms with Crippen LogP contribution in [0.4, 0.5) is 5.69 Å². The molecule has 2 aliphatic heterocycles. The highest BCUT2D eigenvalue weighted by atomic mass is 16.5. The predicted octanol–water partition coefficient (Wildman–Crippen LogP) is 1.99. The van der Waals surface area contributed by atoms with Crippen molar-refractivity contribution in [2.45, 2.75) is 0 Å². The maximum Gasteiger partial charge on any atom is 0.253 e. The second kappa shape index (κ2) is 8.89. The standard InChI is InChI=1S/C23H25N7O2/c1-28-8-10-29(11-9-28)23(31)17-2-4-20(5-3-17)30-14-22(26-27-30)19-12-18-13-24-7-6-21(18)25-16-32-15-19/h2-7,12-14,25H,8-11,15-16H2,1H3/b19-12+. The number of nitrogens with one attached hydrogen (secondary N) is 1. The minimum Gasteiger partial charge on any atom is -0.362 e. The molecule has 32 heavy (non-hydrogen) atoms. The normalized spacial score (nSPS) is 18.7. The van der Waals surface area contributed by atoms with Crippen molar-refractivity contribution >= 4 is 23.2 Å². The van der Waals surface area contributed by atoms with Crippen molar-refractivity contribution < 1.29 is 9.53 Å². The van der Waals surface area contributed by atoms with Gasteiger partial charge in [0.2, 0.25) is 0 Å². The minimum atomic E-state index is 0.0710. The molecule has 0 spiro atoms. The van der Waals surface area contributed by atoms with Gasteiger partial charge in [0.1, 0.15) is 12.4 Å². The van der Waals surface area contributed by atoms with E-state index >= 15 is 0 Å². The summed E-state index contributed by atoms with van der Waals surface area (Å²) in [4.78, 5) is 21.1. The van der Waals surface area contributed by atoms with Crippen molar-refractivity contribution in [2.75, 3.05) is 51.9 Å². The SMILES string of the molecule is CN1CCN(C(=O)c2ccc(-n3cc(/C4=C/c5cnccc5NCOC4)nn3)cc2)CC1. The molecule has 9 nitrogen and oxygen atoms in total.